The van der Waals surface area contributed by atoms with Gasteiger partial charge in [0.05, 0.1) is 13.0 Å². The van der Waals surface area contributed by atoms with Crippen LogP contribution in [-0.4, -0.2) is 25.6 Å². The van der Waals surface area contributed by atoms with Crippen molar-refractivity contribution < 1.29 is 9.53 Å². The van der Waals surface area contributed by atoms with Gasteiger partial charge in [-0.25, -0.2) is 0 Å². The third kappa shape index (κ3) is 2.77. The molecule has 2 N–H and O–H groups in total. The van der Waals surface area contributed by atoms with Gasteiger partial charge >= 0.3 is 0 Å². The number of nitrogens with two attached hydrogens (primary N) is 1. The minimum atomic E-state index is -0.00759. The van der Waals surface area contributed by atoms with Crippen molar-refractivity contribution in [1.29, 1.82) is 0 Å². The summed E-state index contributed by atoms with van der Waals surface area (Å²) in [6, 6.07) is 6.02. The Labute approximate surface area is 126 Å². The average molecular weight is 288 g/mol. The van der Waals surface area contributed by atoms with Gasteiger partial charge in [-0.3, -0.25) is 4.79 Å². The molecule has 114 valence electrons. The van der Waals surface area contributed by atoms with Crippen LogP contribution >= 0.6 is 0 Å². The normalized spacial score (nSPS) is 25.3. The number of hydrogen-bond donors (Lipinski definition) is 1. The summed E-state index contributed by atoms with van der Waals surface area (Å²) in [6.45, 7) is 0.807. The zero-order valence-corrected chi connectivity index (χ0v) is 12.7. The number of ether oxygens (including phenoxy) is 1. The van der Waals surface area contributed by atoms with Crippen molar-refractivity contribution in [1.82, 2.24) is 0 Å². The third-order valence-corrected chi connectivity index (χ3v) is 4.81. The maximum absolute atomic E-state index is 12.9. The Balaban J connectivity index is 1.85. The van der Waals surface area contributed by atoms with E-state index in [0.29, 0.717) is 0 Å². The molecule has 2 unspecified atom stereocenters. The van der Waals surface area contributed by atoms with E-state index in [2.05, 4.69) is 6.07 Å². The molecule has 1 fully saturated rings. The summed E-state index contributed by atoms with van der Waals surface area (Å²) in [6.07, 6.45) is 6.19. The first-order valence-electron chi connectivity index (χ1n) is 7.94. The van der Waals surface area contributed by atoms with Crippen molar-refractivity contribution in [2.24, 2.45) is 11.7 Å². The Morgan fingerprint density at radius 2 is 2.10 bits per heavy atom. The average Bonchev–Trinajstić information content (AvgIpc) is 2.53. The molecule has 21 heavy (non-hydrogen) atoms. The van der Waals surface area contributed by atoms with Crippen LogP contribution < -0.4 is 15.4 Å². The number of fused-ring (bicyclic) bond motifs is 1. The summed E-state index contributed by atoms with van der Waals surface area (Å²) in [7, 11) is 1.68. The first-order valence-corrected chi connectivity index (χ1v) is 7.94. The molecule has 1 aromatic rings. The second-order valence-electron chi connectivity index (χ2n) is 6.14. The Bertz CT molecular complexity index is 530. The molecule has 1 saturated carbocycles. The zero-order chi connectivity index (χ0) is 14.8. The van der Waals surface area contributed by atoms with Crippen LogP contribution in [0.5, 0.6) is 5.75 Å². The minimum absolute atomic E-state index is 0.00759. The van der Waals surface area contributed by atoms with Gasteiger partial charge in [0.25, 0.3) is 0 Å². The predicted molar refractivity (Wildman–Crippen MR) is 83.6 cm³/mol. The van der Waals surface area contributed by atoms with Gasteiger partial charge in [-0.05, 0) is 49.4 Å². The Hall–Kier alpha value is -1.55. The van der Waals surface area contributed by atoms with E-state index >= 15 is 0 Å². The fourth-order valence-corrected chi connectivity index (χ4v) is 3.60. The fraction of sp³-hybridized carbons (Fsp3) is 0.588. The highest BCUT2D eigenvalue weighted by Gasteiger charge is 2.33. The summed E-state index contributed by atoms with van der Waals surface area (Å²) in [4.78, 5) is 14.8. The molecule has 0 radical (unpaired) electrons. The van der Waals surface area contributed by atoms with E-state index in [9.17, 15) is 4.79 Å². The molecular weight excluding hydrogens is 264 g/mol. The highest BCUT2D eigenvalue weighted by atomic mass is 16.5. The highest BCUT2D eigenvalue weighted by molar-refractivity contribution is 5.96. The second-order valence-corrected chi connectivity index (χ2v) is 6.14. The lowest BCUT2D eigenvalue weighted by Gasteiger charge is -2.36. The number of aryl methyl sites for hydroxylation is 1. The van der Waals surface area contributed by atoms with Crippen LogP contribution in [0.15, 0.2) is 18.2 Å². The molecule has 4 heteroatoms. The lowest BCUT2D eigenvalue weighted by atomic mass is 9.83. The molecule has 4 nitrogen and oxygen atoms in total. The highest BCUT2D eigenvalue weighted by Crippen LogP contribution is 2.33. The topological polar surface area (TPSA) is 55.6 Å². The van der Waals surface area contributed by atoms with Gasteiger partial charge in [0, 0.05) is 18.3 Å². The van der Waals surface area contributed by atoms with Gasteiger partial charge in [-0.1, -0.05) is 12.8 Å². The molecule has 2 atom stereocenters. The molecule has 1 heterocycles. The number of methoxy groups -OCH3 is 1. The van der Waals surface area contributed by atoms with Crippen LogP contribution in [0.4, 0.5) is 5.69 Å². The molecule has 1 amide bonds. The van der Waals surface area contributed by atoms with Crippen LogP contribution in [0.2, 0.25) is 0 Å². The molecule has 0 bridgehead atoms. The second kappa shape index (κ2) is 6.06. The fourth-order valence-electron chi connectivity index (χ4n) is 3.60. The molecule has 0 spiro atoms. The smallest absolute Gasteiger partial charge is 0.231 e. The van der Waals surface area contributed by atoms with Gasteiger partial charge in [0.1, 0.15) is 5.75 Å². The number of rotatable bonds is 2. The summed E-state index contributed by atoms with van der Waals surface area (Å²) in [5, 5.41) is 0. The number of hydrogen-bond acceptors (Lipinski definition) is 3. The van der Waals surface area contributed by atoms with Crippen molar-refractivity contribution in [3.8, 4) is 5.75 Å². The SMILES string of the molecule is COc1ccc2c(c1)CCCN2C(=O)C1CCCCC1N. The summed E-state index contributed by atoms with van der Waals surface area (Å²) in [5.41, 5.74) is 8.44. The van der Waals surface area contributed by atoms with Gasteiger partial charge in [0.15, 0.2) is 0 Å². The Morgan fingerprint density at radius 3 is 2.86 bits per heavy atom. The number of amides is 1. The summed E-state index contributed by atoms with van der Waals surface area (Å²) in [5.74, 6) is 1.07. The maximum Gasteiger partial charge on any atom is 0.231 e. The summed E-state index contributed by atoms with van der Waals surface area (Å²) >= 11 is 0. The van der Waals surface area contributed by atoms with Crippen molar-refractivity contribution in [3.05, 3.63) is 23.8 Å². The quantitative estimate of drug-likeness (QED) is 0.909. The molecule has 1 aromatic carbocycles. The van der Waals surface area contributed by atoms with Crippen molar-refractivity contribution >= 4 is 11.6 Å². The van der Waals surface area contributed by atoms with Gasteiger partial charge in [-0.15, -0.1) is 0 Å². The number of nitrogens with zero attached hydrogens (tertiary/aromatic N) is 1. The van der Waals surface area contributed by atoms with E-state index in [-0.39, 0.29) is 17.9 Å². The molecule has 1 aliphatic heterocycles. The lowest BCUT2D eigenvalue weighted by molar-refractivity contribution is -0.123. The van der Waals surface area contributed by atoms with Gasteiger partial charge < -0.3 is 15.4 Å². The number of carbonyl (C=O) groups excluding carboxylic acids is 1. The molecule has 0 saturated heterocycles. The maximum atomic E-state index is 12.9. The van der Waals surface area contributed by atoms with E-state index in [1.807, 2.05) is 17.0 Å². The first kappa shape index (κ1) is 14.4. The first-order chi connectivity index (χ1) is 10.2. The van der Waals surface area contributed by atoms with Crippen LogP contribution in [-0.2, 0) is 11.2 Å². The standard InChI is InChI=1S/C17H24N2O2/c1-21-13-8-9-16-12(11-13)5-4-10-19(16)17(20)14-6-2-3-7-15(14)18/h8-9,11,14-15H,2-7,10,18H2,1H3. The van der Waals surface area contributed by atoms with Gasteiger partial charge in [0.2, 0.25) is 5.91 Å². The van der Waals surface area contributed by atoms with E-state index in [0.717, 1.165) is 56.5 Å². The van der Waals surface area contributed by atoms with E-state index in [1.54, 1.807) is 7.11 Å². The Morgan fingerprint density at radius 1 is 1.29 bits per heavy atom. The van der Waals surface area contributed by atoms with Crippen molar-refractivity contribution in [3.63, 3.8) is 0 Å². The number of carbonyl (C=O) groups is 1. The van der Waals surface area contributed by atoms with Crippen LogP contribution in [0.3, 0.4) is 0 Å². The largest absolute Gasteiger partial charge is 0.497 e. The number of anilines is 1. The molecule has 0 aromatic heterocycles. The van der Waals surface area contributed by atoms with E-state index < -0.39 is 0 Å². The Kier molecular flexibility index (Phi) is 4.15. The van der Waals surface area contributed by atoms with E-state index in [1.165, 1.54) is 5.56 Å². The minimum Gasteiger partial charge on any atom is -0.497 e. The monoisotopic (exact) mass is 288 g/mol. The molecule has 1 aliphatic carbocycles. The number of benzene rings is 1. The molecular formula is C17H24N2O2. The van der Waals surface area contributed by atoms with Crippen LogP contribution in [0.25, 0.3) is 0 Å². The van der Waals surface area contributed by atoms with Crippen LogP contribution in [0, 0.1) is 5.92 Å². The van der Waals surface area contributed by atoms with Crippen molar-refractivity contribution in [2.45, 2.75) is 44.6 Å². The van der Waals surface area contributed by atoms with Gasteiger partial charge in [-0.2, -0.15) is 0 Å². The summed E-state index contributed by atoms with van der Waals surface area (Å²) < 4.78 is 5.29. The van der Waals surface area contributed by atoms with E-state index in [4.69, 9.17) is 10.5 Å². The zero-order valence-electron chi connectivity index (χ0n) is 12.7. The van der Waals surface area contributed by atoms with Crippen molar-refractivity contribution in [2.75, 3.05) is 18.6 Å². The van der Waals surface area contributed by atoms with Crippen LogP contribution in [0.1, 0.15) is 37.7 Å². The molecule has 2 aliphatic rings. The lowest BCUT2D eigenvalue weighted by Crippen LogP contribution is -2.47. The third-order valence-electron chi connectivity index (χ3n) is 4.81. The predicted octanol–water partition coefficient (Wildman–Crippen LogP) is 2.49. The molecule has 3 rings (SSSR count).